The zero-order valence-electron chi connectivity index (χ0n) is 10.8. The molecule has 0 aliphatic heterocycles. The van der Waals surface area contributed by atoms with Crippen molar-refractivity contribution in [3.8, 4) is 0 Å². The van der Waals surface area contributed by atoms with E-state index in [0.717, 1.165) is 18.4 Å². The van der Waals surface area contributed by atoms with Crippen molar-refractivity contribution < 1.29 is 4.79 Å². The standard InChI is InChI=1S/C14H18ClN3O/c15-12-6-10(2-5-16-12)9-17-13(19)18-11-7-14(8-11)3-1-4-14/h2,5-6,11H,1,3-4,7-9H2,(H2,17,18,19). The van der Waals surface area contributed by atoms with Gasteiger partial charge in [0, 0.05) is 18.8 Å². The summed E-state index contributed by atoms with van der Waals surface area (Å²) in [7, 11) is 0. The van der Waals surface area contributed by atoms with Gasteiger partial charge < -0.3 is 10.6 Å². The molecule has 2 aliphatic rings. The van der Waals surface area contributed by atoms with E-state index in [2.05, 4.69) is 15.6 Å². The number of hydrogen-bond acceptors (Lipinski definition) is 2. The highest BCUT2D eigenvalue weighted by Gasteiger charge is 2.48. The largest absolute Gasteiger partial charge is 0.335 e. The number of carbonyl (C=O) groups is 1. The lowest BCUT2D eigenvalue weighted by Crippen LogP contribution is -2.55. The van der Waals surface area contributed by atoms with Crippen LogP contribution in [0.2, 0.25) is 5.15 Å². The van der Waals surface area contributed by atoms with Crippen LogP contribution in [0.3, 0.4) is 0 Å². The van der Waals surface area contributed by atoms with Crippen molar-refractivity contribution >= 4 is 17.6 Å². The number of nitrogens with one attached hydrogen (secondary N) is 2. The average molecular weight is 280 g/mol. The quantitative estimate of drug-likeness (QED) is 0.836. The van der Waals surface area contributed by atoms with Crippen molar-refractivity contribution in [2.45, 2.75) is 44.7 Å². The summed E-state index contributed by atoms with van der Waals surface area (Å²) in [5.41, 5.74) is 1.55. The fourth-order valence-corrected chi connectivity index (χ4v) is 3.34. The molecule has 0 unspecified atom stereocenters. The molecule has 2 aliphatic carbocycles. The molecule has 1 spiro atoms. The topological polar surface area (TPSA) is 54.0 Å². The van der Waals surface area contributed by atoms with Crippen LogP contribution in [0.1, 0.15) is 37.7 Å². The van der Waals surface area contributed by atoms with E-state index in [4.69, 9.17) is 11.6 Å². The van der Waals surface area contributed by atoms with Crippen LogP contribution in [0.5, 0.6) is 0 Å². The maximum absolute atomic E-state index is 11.8. The second-order valence-corrected chi connectivity index (χ2v) is 6.16. The van der Waals surface area contributed by atoms with E-state index < -0.39 is 0 Å². The van der Waals surface area contributed by atoms with Crippen LogP contribution in [0.15, 0.2) is 18.3 Å². The Hall–Kier alpha value is -1.29. The van der Waals surface area contributed by atoms with Crippen LogP contribution in [-0.4, -0.2) is 17.1 Å². The SMILES string of the molecule is O=C(NCc1ccnc(Cl)c1)NC1CC2(CCC2)C1. The van der Waals surface area contributed by atoms with E-state index in [-0.39, 0.29) is 6.03 Å². The molecule has 5 heteroatoms. The Morgan fingerprint density at radius 3 is 2.89 bits per heavy atom. The molecule has 0 aromatic carbocycles. The van der Waals surface area contributed by atoms with Gasteiger partial charge in [-0.25, -0.2) is 9.78 Å². The molecule has 4 nitrogen and oxygen atoms in total. The first-order valence-electron chi connectivity index (χ1n) is 6.80. The van der Waals surface area contributed by atoms with Gasteiger partial charge in [0.2, 0.25) is 0 Å². The van der Waals surface area contributed by atoms with Crippen LogP contribution in [-0.2, 0) is 6.54 Å². The summed E-state index contributed by atoms with van der Waals surface area (Å²) < 4.78 is 0. The van der Waals surface area contributed by atoms with Gasteiger partial charge in [-0.1, -0.05) is 18.0 Å². The van der Waals surface area contributed by atoms with Crippen molar-refractivity contribution in [1.29, 1.82) is 0 Å². The number of pyridine rings is 1. The summed E-state index contributed by atoms with van der Waals surface area (Å²) in [6, 6.07) is 3.88. The Balaban J connectivity index is 1.40. The monoisotopic (exact) mass is 279 g/mol. The van der Waals surface area contributed by atoms with E-state index in [0.29, 0.717) is 23.2 Å². The third-order valence-electron chi connectivity index (χ3n) is 4.35. The number of amides is 2. The lowest BCUT2D eigenvalue weighted by Gasteiger charge is -2.54. The molecule has 0 bridgehead atoms. The van der Waals surface area contributed by atoms with Crippen LogP contribution >= 0.6 is 11.6 Å². The Morgan fingerprint density at radius 2 is 2.26 bits per heavy atom. The van der Waals surface area contributed by atoms with Crippen molar-refractivity contribution in [3.63, 3.8) is 0 Å². The van der Waals surface area contributed by atoms with Gasteiger partial charge in [0.05, 0.1) is 0 Å². The smallest absolute Gasteiger partial charge is 0.315 e. The molecular formula is C14H18ClN3O. The van der Waals surface area contributed by atoms with Crippen LogP contribution in [0.25, 0.3) is 0 Å². The number of urea groups is 1. The number of carbonyl (C=O) groups excluding carboxylic acids is 1. The lowest BCUT2D eigenvalue weighted by molar-refractivity contribution is 0.00225. The number of aromatic nitrogens is 1. The molecular weight excluding hydrogens is 262 g/mol. The molecule has 3 rings (SSSR count). The van der Waals surface area contributed by atoms with Crippen molar-refractivity contribution in [2.75, 3.05) is 0 Å². The van der Waals surface area contributed by atoms with Crippen molar-refractivity contribution in [1.82, 2.24) is 15.6 Å². The minimum Gasteiger partial charge on any atom is -0.335 e. The molecule has 2 amide bonds. The van der Waals surface area contributed by atoms with Crippen LogP contribution in [0, 0.1) is 5.41 Å². The van der Waals surface area contributed by atoms with Gasteiger partial charge in [-0.2, -0.15) is 0 Å². The molecule has 2 saturated carbocycles. The van der Waals surface area contributed by atoms with E-state index in [1.54, 1.807) is 12.3 Å². The Kier molecular flexibility index (Phi) is 3.35. The fraction of sp³-hybridized carbons (Fsp3) is 0.571. The third kappa shape index (κ3) is 2.84. The highest BCUT2D eigenvalue weighted by Crippen LogP contribution is 2.55. The zero-order chi connectivity index (χ0) is 13.3. The van der Waals surface area contributed by atoms with Gasteiger partial charge in [-0.05, 0) is 48.8 Å². The summed E-state index contributed by atoms with van der Waals surface area (Å²) in [4.78, 5) is 15.7. The summed E-state index contributed by atoms with van der Waals surface area (Å²) in [6.07, 6.45) is 8.01. The summed E-state index contributed by atoms with van der Waals surface area (Å²) >= 11 is 5.79. The first-order chi connectivity index (χ1) is 9.15. The zero-order valence-corrected chi connectivity index (χ0v) is 11.5. The first-order valence-corrected chi connectivity index (χ1v) is 7.18. The average Bonchev–Trinajstić information content (AvgIpc) is 2.28. The van der Waals surface area contributed by atoms with Gasteiger partial charge in [-0.3, -0.25) is 0 Å². The van der Waals surface area contributed by atoms with E-state index >= 15 is 0 Å². The molecule has 1 aromatic rings. The Morgan fingerprint density at radius 1 is 1.47 bits per heavy atom. The van der Waals surface area contributed by atoms with Gasteiger partial charge in [0.15, 0.2) is 0 Å². The third-order valence-corrected chi connectivity index (χ3v) is 4.56. The Bertz CT molecular complexity index is 479. The predicted molar refractivity (Wildman–Crippen MR) is 73.9 cm³/mol. The number of nitrogens with zero attached hydrogens (tertiary/aromatic N) is 1. The van der Waals surface area contributed by atoms with Crippen molar-refractivity contribution in [2.24, 2.45) is 5.41 Å². The summed E-state index contributed by atoms with van der Waals surface area (Å²) in [5.74, 6) is 0. The maximum atomic E-state index is 11.8. The fourth-order valence-electron chi connectivity index (χ4n) is 3.14. The lowest BCUT2D eigenvalue weighted by atomic mass is 9.54. The first kappa shape index (κ1) is 12.7. The molecule has 1 aromatic heterocycles. The van der Waals surface area contributed by atoms with Crippen LogP contribution in [0.4, 0.5) is 4.79 Å². The van der Waals surface area contributed by atoms with Gasteiger partial charge in [-0.15, -0.1) is 0 Å². The molecule has 102 valence electrons. The summed E-state index contributed by atoms with van der Waals surface area (Å²) in [6.45, 7) is 0.478. The minimum absolute atomic E-state index is 0.0906. The second-order valence-electron chi connectivity index (χ2n) is 5.77. The van der Waals surface area contributed by atoms with E-state index in [9.17, 15) is 4.79 Å². The highest BCUT2D eigenvalue weighted by molar-refractivity contribution is 6.29. The van der Waals surface area contributed by atoms with Crippen molar-refractivity contribution in [3.05, 3.63) is 29.0 Å². The molecule has 2 N–H and O–H groups in total. The molecule has 0 atom stereocenters. The number of hydrogen-bond donors (Lipinski definition) is 2. The molecule has 2 fully saturated rings. The second kappa shape index (κ2) is 5.00. The normalized spacial score (nSPS) is 20.5. The summed E-state index contributed by atoms with van der Waals surface area (Å²) in [5, 5.41) is 6.33. The maximum Gasteiger partial charge on any atom is 0.315 e. The molecule has 0 radical (unpaired) electrons. The van der Waals surface area contributed by atoms with Crippen LogP contribution < -0.4 is 10.6 Å². The molecule has 19 heavy (non-hydrogen) atoms. The van der Waals surface area contributed by atoms with Gasteiger partial charge in [0.1, 0.15) is 5.15 Å². The molecule has 1 heterocycles. The van der Waals surface area contributed by atoms with E-state index in [1.165, 1.54) is 19.3 Å². The highest BCUT2D eigenvalue weighted by atomic mass is 35.5. The number of rotatable bonds is 3. The minimum atomic E-state index is -0.0906. The predicted octanol–water partition coefficient (Wildman–Crippen LogP) is 2.87. The Labute approximate surface area is 117 Å². The van der Waals surface area contributed by atoms with Gasteiger partial charge in [0.25, 0.3) is 0 Å². The van der Waals surface area contributed by atoms with Gasteiger partial charge >= 0.3 is 6.03 Å². The number of halogens is 1. The van der Waals surface area contributed by atoms with E-state index in [1.807, 2.05) is 6.07 Å². The molecule has 0 saturated heterocycles.